The lowest BCUT2D eigenvalue weighted by Crippen LogP contribution is -2.63. The van der Waals surface area contributed by atoms with E-state index in [0.29, 0.717) is 12.8 Å². The summed E-state index contributed by atoms with van der Waals surface area (Å²) < 4.78 is 6.18. The number of thioether (sulfide) groups is 1. The van der Waals surface area contributed by atoms with Crippen LogP contribution in [-0.4, -0.2) is 44.8 Å². The maximum atomic E-state index is 13.4. The maximum Gasteiger partial charge on any atom is 0.316 e. The molecule has 9 heteroatoms. The van der Waals surface area contributed by atoms with Crippen LogP contribution >= 0.6 is 11.8 Å². The molecule has 0 radical (unpaired) electrons. The van der Waals surface area contributed by atoms with Crippen LogP contribution in [-0.2, 0) is 14.3 Å². The van der Waals surface area contributed by atoms with E-state index in [1.54, 1.807) is 6.08 Å². The molecule has 2 bridgehead atoms. The number of rotatable bonds is 5. The van der Waals surface area contributed by atoms with Gasteiger partial charge < -0.3 is 20.6 Å². The first-order chi connectivity index (χ1) is 16.4. The van der Waals surface area contributed by atoms with Crippen molar-refractivity contribution in [3.05, 3.63) is 29.1 Å². The summed E-state index contributed by atoms with van der Waals surface area (Å²) in [7, 11) is 0. The minimum atomic E-state index is -0.705. The maximum absolute atomic E-state index is 13.4. The number of carbonyl (C=O) groups excluding carboxylic acids is 2. The van der Waals surface area contributed by atoms with Crippen LogP contribution in [0, 0.1) is 34.0 Å². The van der Waals surface area contributed by atoms with Gasteiger partial charge in [0.15, 0.2) is 5.16 Å². The average Bonchev–Trinajstić information content (AvgIpc) is 3.16. The number of nitrogens with zero attached hydrogens (tertiary/aromatic N) is 1. The van der Waals surface area contributed by atoms with Crippen molar-refractivity contribution in [2.24, 2.45) is 34.0 Å². The Labute approximate surface area is 210 Å². The molecule has 0 aromatic carbocycles. The van der Waals surface area contributed by atoms with Gasteiger partial charge in [-0.2, -0.15) is 0 Å². The SMILES string of the molecule is C=C[C@]1(C)C[C@@H](OC(=O)CSc2nc(N)cc(=O)[nH]2)[C@]2(C)[C@H](C)CC[C@]3(CCC(=O)[C@H]32)[C@@H](C)[C@@H]1O. The monoisotopic (exact) mass is 503 g/mol. The number of aromatic amines is 1. The molecule has 0 unspecified atom stereocenters. The Hall–Kier alpha value is -2.13. The molecule has 192 valence electrons. The smallest absolute Gasteiger partial charge is 0.316 e. The molecule has 1 aromatic heterocycles. The molecule has 35 heavy (non-hydrogen) atoms. The van der Waals surface area contributed by atoms with Crippen molar-refractivity contribution < 1.29 is 19.4 Å². The summed E-state index contributed by atoms with van der Waals surface area (Å²) in [5.74, 6) is -0.416. The molecule has 1 aromatic rings. The normalized spacial score (nSPS) is 40.9. The number of nitrogens with one attached hydrogen (secondary N) is 1. The van der Waals surface area contributed by atoms with Crippen LogP contribution in [0.1, 0.15) is 59.8 Å². The molecular weight excluding hydrogens is 466 g/mol. The van der Waals surface area contributed by atoms with Gasteiger partial charge in [0.05, 0.1) is 11.9 Å². The summed E-state index contributed by atoms with van der Waals surface area (Å²) in [5.41, 5.74) is 3.70. The number of esters is 1. The largest absolute Gasteiger partial charge is 0.461 e. The average molecular weight is 504 g/mol. The number of aliphatic hydroxyl groups excluding tert-OH is 1. The van der Waals surface area contributed by atoms with Gasteiger partial charge >= 0.3 is 5.97 Å². The Morgan fingerprint density at radius 1 is 1.37 bits per heavy atom. The second-order valence-corrected chi connectivity index (χ2v) is 12.3. The van der Waals surface area contributed by atoms with E-state index in [0.717, 1.165) is 31.0 Å². The van der Waals surface area contributed by atoms with Crippen molar-refractivity contribution in [2.75, 3.05) is 11.5 Å². The lowest BCUT2D eigenvalue weighted by molar-refractivity contribution is -0.205. The highest BCUT2D eigenvalue weighted by atomic mass is 32.2. The highest BCUT2D eigenvalue weighted by molar-refractivity contribution is 7.99. The van der Waals surface area contributed by atoms with Crippen molar-refractivity contribution >= 4 is 29.3 Å². The number of ketones is 1. The summed E-state index contributed by atoms with van der Waals surface area (Å²) in [5, 5.41) is 11.8. The molecule has 8 nitrogen and oxygen atoms in total. The Morgan fingerprint density at radius 3 is 2.74 bits per heavy atom. The minimum Gasteiger partial charge on any atom is -0.461 e. The van der Waals surface area contributed by atoms with Crippen LogP contribution in [0.5, 0.6) is 0 Å². The van der Waals surface area contributed by atoms with Crippen LogP contribution in [0.2, 0.25) is 0 Å². The summed E-state index contributed by atoms with van der Waals surface area (Å²) >= 11 is 1.05. The summed E-state index contributed by atoms with van der Waals surface area (Å²) in [6.07, 6.45) is 3.94. The molecule has 3 saturated carbocycles. The lowest BCUT2D eigenvalue weighted by atomic mass is 9.44. The molecule has 3 aliphatic carbocycles. The first kappa shape index (κ1) is 25.9. The van der Waals surface area contributed by atoms with Crippen LogP contribution in [0.15, 0.2) is 28.7 Å². The zero-order chi connectivity index (χ0) is 25.8. The van der Waals surface area contributed by atoms with Crippen LogP contribution in [0.4, 0.5) is 5.82 Å². The van der Waals surface area contributed by atoms with Gasteiger partial charge in [-0.05, 0) is 42.9 Å². The Morgan fingerprint density at radius 2 is 2.09 bits per heavy atom. The van der Waals surface area contributed by atoms with Crippen LogP contribution in [0.3, 0.4) is 0 Å². The Kier molecular flexibility index (Phi) is 6.72. The number of Topliss-reactive ketones (excluding diaryl/α,β-unsaturated/α-hetero) is 1. The topological polar surface area (TPSA) is 135 Å². The quantitative estimate of drug-likeness (QED) is 0.241. The summed E-state index contributed by atoms with van der Waals surface area (Å²) in [6.45, 7) is 12.3. The molecule has 0 spiro atoms. The van der Waals surface area contributed by atoms with Gasteiger partial charge in [0.2, 0.25) is 0 Å². The lowest BCUT2D eigenvalue weighted by Gasteiger charge is -2.61. The molecule has 3 aliphatic rings. The number of aromatic nitrogens is 2. The second-order valence-electron chi connectivity index (χ2n) is 11.3. The van der Waals surface area contributed by atoms with Crippen molar-refractivity contribution in [1.29, 1.82) is 0 Å². The Bertz CT molecular complexity index is 1090. The molecular formula is C26H37N3O5S. The van der Waals surface area contributed by atoms with Gasteiger partial charge in [0.25, 0.3) is 5.56 Å². The third kappa shape index (κ3) is 4.14. The van der Waals surface area contributed by atoms with Gasteiger partial charge in [-0.1, -0.05) is 45.5 Å². The van der Waals surface area contributed by atoms with E-state index in [2.05, 4.69) is 37.3 Å². The van der Waals surface area contributed by atoms with Crippen molar-refractivity contribution in [3.63, 3.8) is 0 Å². The molecule has 3 fully saturated rings. The van der Waals surface area contributed by atoms with Crippen molar-refractivity contribution in [1.82, 2.24) is 9.97 Å². The van der Waals surface area contributed by atoms with Gasteiger partial charge in [-0.15, -0.1) is 6.58 Å². The number of hydrogen-bond acceptors (Lipinski definition) is 8. The fourth-order valence-electron chi connectivity index (χ4n) is 7.34. The first-order valence-corrected chi connectivity index (χ1v) is 13.4. The molecule has 1 heterocycles. The number of aliphatic hydroxyl groups is 1. The van der Waals surface area contributed by atoms with Gasteiger partial charge in [-0.3, -0.25) is 14.4 Å². The predicted molar refractivity (Wildman–Crippen MR) is 135 cm³/mol. The standard InChI is InChI=1S/C26H37N3O5S/c1-6-24(4)12-17(34-20(32)13-35-23-28-18(27)11-19(31)29-23)25(5)14(2)7-9-26(15(3)22(24)33)10-8-16(30)21(25)26/h6,11,14-15,17,21-22,33H,1,7-10,12-13H2,2-5H3,(H3,27,28,29,31)/t14-,15+,17-,21+,22+,24-,25+,26+/m1/s1. The highest BCUT2D eigenvalue weighted by Crippen LogP contribution is 2.68. The van der Waals surface area contributed by atoms with E-state index in [1.807, 2.05) is 6.92 Å². The Balaban J connectivity index is 1.68. The molecule has 8 atom stereocenters. The number of hydrogen-bond donors (Lipinski definition) is 3. The number of anilines is 1. The van der Waals surface area contributed by atoms with E-state index in [4.69, 9.17) is 10.5 Å². The third-order valence-electron chi connectivity index (χ3n) is 9.64. The molecule has 0 amide bonds. The fraction of sp³-hybridized carbons (Fsp3) is 0.692. The van der Waals surface area contributed by atoms with E-state index in [9.17, 15) is 19.5 Å². The zero-order valence-corrected chi connectivity index (χ0v) is 21.8. The van der Waals surface area contributed by atoms with Gasteiger partial charge in [0, 0.05) is 29.2 Å². The van der Waals surface area contributed by atoms with E-state index in [-0.39, 0.29) is 45.7 Å². The molecule has 0 aliphatic heterocycles. The molecule has 0 saturated heterocycles. The summed E-state index contributed by atoms with van der Waals surface area (Å²) in [4.78, 5) is 44.8. The van der Waals surface area contributed by atoms with Crippen molar-refractivity contribution in [2.45, 2.75) is 77.2 Å². The third-order valence-corrected chi connectivity index (χ3v) is 10.5. The fourth-order valence-corrected chi connectivity index (χ4v) is 8.01. The predicted octanol–water partition coefficient (Wildman–Crippen LogP) is 3.35. The molecule has 4 rings (SSSR count). The van der Waals surface area contributed by atoms with Crippen LogP contribution in [0.25, 0.3) is 0 Å². The van der Waals surface area contributed by atoms with Crippen LogP contribution < -0.4 is 11.3 Å². The second kappa shape index (κ2) is 9.07. The number of carbonyl (C=O) groups is 2. The van der Waals surface area contributed by atoms with E-state index >= 15 is 0 Å². The van der Waals surface area contributed by atoms with E-state index in [1.165, 1.54) is 6.07 Å². The molecule has 4 N–H and O–H groups in total. The minimum absolute atomic E-state index is 0.0686. The number of nitrogen functional groups attached to an aromatic ring is 1. The first-order valence-electron chi connectivity index (χ1n) is 12.4. The van der Waals surface area contributed by atoms with E-state index < -0.39 is 34.6 Å². The summed E-state index contributed by atoms with van der Waals surface area (Å²) in [6, 6.07) is 1.18. The van der Waals surface area contributed by atoms with Gasteiger partial charge in [-0.25, -0.2) is 4.98 Å². The highest BCUT2D eigenvalue weighted by Gasteiger charge is 2.68. The zero-order valence-electron chi connectivity index (χ0n) is 21.0. The number of H-pyrrole nitrogens is 1. The van der Waals surface area contributed by atoms with Gasteiger partial charge in [0.1, 0.15) is 17.7 Å². The van der Waals surface area contributed by atoms with Crippen molar-refractivity contribution in [3.8, 4) is 0 Å². The number of ether oxygens (including phenoxy) is 1. The number of nitrogens with two attached hydrogens (primary N) is 1.